The number of hydrogen-bond acceptors (Lipinski definition) is 6. The molecule has 0 fully saturated rings. The Labute approximate surface area is 365 Å². The van der Waals surface area contributed by atoms with Crippen LogP contribution in [0.3, 0.4) is 0 Å². The first-order valence-electron chi connectivity index (χ1n) is 22.6. The van der Waals surface area contributed by atoms with E-state index in [0.717, 1.165) is 103 Å². The normalized spacial score (nSPS) is 14.1. The zero-order chi connectivity index (χ0) is 44.2. The molecule has 60 heavy (non-hydrogen) atoms. The van der Waals surface area contributed by atoms with Crippen LogP contribution in [-0.4, -0.2) is 80.6 Å². The van der Waals surface area contributed by atoms with Gasteiger partial charge in [-0.15, -0.1) is 0 Å². The summed E-state index contributed by atoms with van der Waals surface area (Å²) >= 11 is 0. The maximum Gasteiger partial charge on any atom is 0.362 e. The van der Waals surface area contributed by atoms with Crippen molar-refractivity contribution in [3.63, 3.8) is 0 Å². The Morgan fingerprint density at radius 2 is 0.967 bits per heavy atom. The number of carboxylic acids is 1. The largest absolute Gasteiger partial charge is 0.477 e. The van der Waals surface area contributed by atoms with Crippen LogP contribution in [0.2, 0.25) is 0 Å². The lowest BCUT2D eigenvalue weighted by atomic mass is 10.1. The van der Waals surface area contributed by atoms with Gasteiger partial charge in [0, 0.05) is 19.3 Å². The molecule has 0 heterocycles. The highest BCUT2D eigenvalue weighted by molar-refractivity contribution is 5.72. The number of hydrogen-bond donors (Lipinski definition) is 1. The van der Waals surface area contributed by atoms with Gasteiger partial charge in [0.1, 0.15) is 6.61 Å². The molecular formula is C52H82NO7+. The number of carbonyl (C=O) groups excluding carboxylic acids is 2. The molecule has 0 radical (unpaired) electrons. The molecule has 0 saturated heterocycles. The Hall–Kier alpha value is -4.27. The fourth-order valence-electron chi connectivity index (χ4n) is 5.75. The van der Waals surface area contributed by atoms with E-state index in [-0.39, 0.29) is 42.7 Å². The Bertz CT molecular complexity index is 1390. The van der Waals surface area contributed by atoms with Gasteiger partial charge in [-0.05, 0) is 83.5 Å². The average Bonchev–Trinajstić information content (AvgIpc) is 3.21. The predicted octanol–water partition coefficient (Wildman–Crippen LogP) is 12.6. The summed E-state index contributed by atoms with van der Waals surface area (Å²) in [6, 6.07) is -0.634. The van der Waals surface area contributed by atoms with E-state index in [9.17, 15) is 19.5 Å². The third-order valence-corrected chi connectivity index (χ3v) is 9.20. The summed E-state index contributed by atoms with van der Waals surface area (Å²) in [5, 5.41) is 9.62. The Balaban J connectivity index is 4.44. The van der Waals surface area contributed by atoms with Gasteiger partial charge in [0.2, 0.25) is 0 Å². The SMILES string of the molecule is CC/C=C/C=C/C=C/C=C/CCCCCC(=O)OCC(COCCC(C(=O)O)[N+](C)(C)C)OC(=O)CCCCCC/C=C/C/C=C/C/C=C/C/C=C/C/C=C/C/C=C/CC. The zero-order valence-electron chi connectivity index (χ0n) is 38.1. The first kappa shape index (κ1) is 55.7. The maximum atomic E-state index is 12.7. The highest BCUT2D eigenvalue weighted by atomic mass is 16.6. The standard InChI is InChI=1S/C52H81NO7/c1-6-8-10-12-14-16-18-20-21-22-23-24-25-26-27-28-29-31-33-35-37-39-41-43-51(55)60-48(46-58-45-44-49(52(56)57)53(3,4)5)47-59-50(54)42-40-38-36-34-32-30-19-17-15-13-11-9-7-2/h8-11,13-17,19-21,23-24,26-27,29-32,48-49H,6-7,12,18,22,25,28,33-47H2,1-5H3/p+1/b10-8+,11-9+,15-13+,16-14+,19-17+,21-20+,24-23+,27-26+,31-29+,32-30+. The number of ether oxygens (including phenoxy) is 3. The van der Waals surface area contributed by atoms with Crippen molar-refractivity contribution in [2.75, 3.05) is 41.0 Å². The second-order valence-corrected chi connectivity index (χ2v) is 15.6. The van der Waals surface area contributed by atoms with Crippen molar-refractivity contribution in [2.45, 2.75) is 148 Å². The lowest BCUT2D eigenvalue weighted by molar-refractivity contribution is -0.887. The van der Waals surface area contributed by atoms with Gasteiger partial charge in [0.25, 0.3) is 0 Å². The van der Waals surface area contributed by atoms with E-state index >= 15 is 0 Å². The summed E-state index contributed by atoms with van der Waals surface area (Å²) in [5.41, 5.74) is 0. The second kappa shape index (κ2) is 41.5. The monoisotopic (exact) mass is 833 g/mol. The third kappa shape index (κ3) is 39.2. The molecule has 2 atom stereocenters. The second-order valence-electron chi connectivity index (χ2n) is 15.6. The van der Waals surface area contributed by atoms with E-state index in [1.165, 1.54) is 0 Å². The summed E-state index contributed by atoms with van der Waals surface area (Å²) < 4.78 is 17.2. The number of likely N-dealkylation sites (N-methyl/N-ethyl adjacent to an activating group) is 1. The number of quaternary nitrogens is 1. The number of carboxylic acid groups (broad SMARTS) is 1. The van der Waals surface area contributed by atoms with Crippen LogP contribution in [0, 0.1) is 0 Å². The van der Waals surface area contributed by atoms with Crippen molar-refractivity contribution in [3.05, 3.63) is 122 Å². The van der Waals surface area contributed by atoms with E-state index in [1.54, 1.807) is 0 Å². The van der Waals surface area contributed by atoms with Gasteiger partial charge in [-0.3, -0.25) is 9.59 Å². The molecule has 1 N–H and O–H groups in total. The van der Waals surface area contributed by atoms with E-state index < -0.39 is 18.1 Å². The topological polar surface area (TPSA) is 99.1 Å². The first-order valence-corrected chi connectivity index (χ1v) is 22.6. The van der Waals surface area contributed by atoms with Gasteiger partial charge in [-0.25, -0.2) is 4.79 Å². The predicted molar refractivity (Wildman–Crippen MR) is 252 cm³/mol. The van der Waals surface area contributed by atoms with Gasteiger partial charge < -0.3 is 23.8 Å². The number of rotatable bonds is 38. The highest BCUT2D eigenvalue weighted by Crippen LogP contribution is 2.12. The van der Waals surface area contributed by atoms with Crippen LogP contribution >= 0.6 is 0 Å². The molecular weight excluding hydrogens is 751 g/mol. The van der Waals surface area contributed by atoms with Crippen LogP contribution in [0.25, 0.3) is 0 Å². The van der Waals surface area contributed by atoms with Gasteiger partial charge in [0.05, 0.1) is 34.4 Å². The smallest absolute Gasteiger partial charge is 0.362 e. The molecule has 8 nitrogen and oxygen atoms in total. The van der Waals surface area contributed by atoms with Gasteiger partial charge in [0.15, 0.2) is 12.1 Å². The molecule has 0 aliphatic carbocycles. The van der Waals surface area contributed by atoms with E-state index in [1.807, 2.05) is 57.6 Å². The molecule has 0 aromatic rings. The molecule has 0 aromatic carbocycles. The lowest BCUT2D eigenvalue weighted by Crippen LogP contribution is -2.50. The minimum atomic E-state index is -0.892. The summed E-state index contributed by atoms with van der Waals surface area (Å²) in [5.74, 6) is -1.57. The number of aliphatic carboxylic acids is 1. The molecule has 0 rings (SSSR count). The number of unbranched alkanes of at least 4 members (excludes halogenated alkanes) is 7. The summed E-state index contributed by atoms with van der Waals surface area (Å²) in [6.45, 7) is 4.38. The number of allylic oxidation sites excluding steroid dienone is 20. The van der Waals surface area contributed by atoms with Crippen LogP contribution in [0.4, 0.5) is 0 Å². The average molecular weight is 833 g/mol. The van der Waals surface area contributed by atoms with E-state index in [2.05, 4.69) is 98.9 Å². The fourth-order valence-corrected chi connectivity index (χ4v) is 5.75. The Kier molecular flexibility index (Phi) is 38.5. The number of esters is 2. The fraction of sp³-hybridized carbons (Fsp3) is 0.558. The molecule has 0 saturated carbocycles. The van der Waals surface area contributed by atoms with Crippen molar-refractivity contribution >= 4 is 17.9 Å². The van der Waals surface area contributed by atoms with Crippen LogP contribution < -0.4 is 0 Å². The Morgan fingerprint density at radius 3 is 1.50 bits per heavy atom. The molecule has 2 unspecified atom stereocenters. The first-order chi connectivity index (χ1) is 29.1. The zero-order valence-corrected chi connectivity index (χ0v) is 38.1. The highest BCUT2D eigenvalue weighted by Gasteiger charge is 2.31. The number of carbonyl (C=O) groups is 3. The van der Waals surface area contributed by atoms with Crippen LogP contribution in [0.15, 0.2) is 122 Å². The van der Waals surface area contributed by atoms with Crippen LogP contribution in [0.5, 0.6) is 0 Å². The molecule has 0 aliphatic heterocycles. The molecule has 336 valence electrons. The quantitative estimate of drug-likeness (QED) is 0.0217. The van der Waals surface area contributed by atoms with Crippen molar-refractivity contribution in [1.82, 2.24) is 0 Å². The summed E-state index contributed by atoms with van der Waals surface area (Å²) in [7, 11) is 5.49. The molecule has 0 spiro atoms. The van der Waals surface area contributed by atoms with Crippen molar-refractivity contribution < 1.29 is 38.2 Å². The lowest BCUT2D eigenvalue weighted by Gasteiger charge is -2.31. The molecule has 0 aromatic heterocycles. The maximum absolute atomic E-state index is 12.7. The van der Waals surface area contributed by atoms with E-state index in [4.69, 9.17) is 14.2 Å². The van der Waals surface area contributed by atoms with Gasteiger partial charge >= 0.3 is 17.9 Å². The van der Waals surface area contributed by atoms with Crippen LogP contribution in [-0.2, 0) is 28.6 Å². The van der Waals surface area contributed by atoms with Crippen molar-refractivity contribution in [3.8, 4) is 0 Å². The van der Waals surface area contributed by atoms with Gasteiger partial charge in [-0.1, -0.05) is 155 Å². The summed E-state index contributed by atoms with van der Waals surface area (Å²) in [6.07, 6.45) is 58.2. The molecule has 0 amide bonds. The minimum Gasteiger partial charge on any atom is -0.477 e. The minimum absolute atomic E-state index is 0.0282. The Morgan fingerprint density at radius 1 is 0.517 bits per heavy atom. The van der Waals surface area contributed by atoms with Crippen LogP contribution in [0.1, 0.15) is 136 Å². The third-order valence-electron chi connectivity index (χ3n) is 9.20. The molecule has 0 bridgehead atoms. The molecule has 0 aliphatic rings. The molecule has 8 heteroatoms. The van der Waals surface area contributed by atoms with E-state index in [0.29, 0.717) is 12.8 Å². The summed E-state index contributed by atoms with van der Waals surface area (Å²) in [4.78, 5) is 37.0. The van der Waals surface area contributed by atoms with Crippen molar-refractivity contribution in [1.29, 1.82) is 0 Å². The van der Waals surface area contributed by atoms with Crippen molar-refractivity contribution in [2.24, 2.45) is 0 Å². The van der Waals surface area contributed by atoms with Gasteiger partial charge in [-0.2, -0.15) is 0 Å². The number of nitrogens with zero attached hydrogens (tertiary/aromatic N) is 1.